The van der Waals surface area contributed by atoms with Gasteiger partial charge < -0.3 is 4.74 Å². The number of carbonyl (C=O) groups excluding carboxylic acids is 1. The number of hydrogen-bond acceptors (Lipinski definition) is 2. The van der Waals surface area contributed by atoms with Crippen LogP contribution in [0.5, 0.6) is 0 Å². The highest BCUT2D eigenvalue weighted by Gasteiger charge is 2.04. The van der Waals surface area contributed by atoms with Crippen LogP contribution in [-0.2, 0) is 9.53 Å². The van der Waals surface area contributed by atoms with Gasteiger partial charge in [0.15, 0.2) is 0 Å². The summed E-state index contributed by atoms with van der Waals surface area (Å²) in [5.74, 6) is 0.382. The van der Waals surface area contributed by atoms with Crippen molar-refractivity contribution in [2.24, 2.45) is 5.92 Å². The van der Waals surface area contributed by atoms with Crippen molar-refractivity contribution in [2.75, 3.05) is 6.61 Å². The lowest BCUT2D eigenvalue weighted by atomic mass is 9.99. The van der Waals surface area contributed by atoms with Gasteiger partial charge in [0, 0.05) is 6.08 Å². The highest BCUT2D eigenvalue weighted by Crippen LogP contribution is 2.14. The molecule has 0 rings (SSSR count). The number of ether oxygens (including phenoxy) is 1. The van der Waals surface area contributed by atoms with Crippen LogP contribution in [0.3, 0.4) is 0 Å². The Morgan fingerprint density at radius 1 is 1.29 bits per heavy atom. The second kappa shape index (κ2) is 9.03. The average Bonchev–Trinajstić information content (AvgIpc) is 2.15. The molecule has 0 aliphatic heterocycles. The highest BCUT2D eigenvalue weighted by atomic mass is 16.5. The number of rotatable bonds is 8. The Balaban J connectivity index is 3.57. The fourth-order valence-corrected chi connectivity index (χ4v) is 1.53. The van der Waals surface area contributed by atoms with Gasteiger partial charge in [0.05, 0.1) is 6.61 Å². The van der Waals surface area contributed by atoms with Gasteiger partial charge in [-0.2, -0.15) is 0 Å². The quantitative estimate of drug-likeness (QED) is 0.358. The molecule has 0 radical (unpaired) electrons. The molecule has 2 nitrogen and oxygen atoms in total. The van der Waals surface area contributed by atoms with E-state index in [-0.39, 0.29) is 5.97 Å². The van der Waals surface area contributed by atoms with Crippen molar-refractivity contribution < 1.29 is 9.53 Å². The monoisotopic (exact) mass is 238 g/mol. The number of carbonyl (C=O) groups is 1. The lowest BCUT2D eigenvalue weighted by molar-refractivity contribution is -0.138. The Bertz CT molecular complexity index is 273. The largest absolute Gasteiger partial charge is 0.463 e. The molecule has 0 aromatic heterocycles. The maximum Gasteiger partial charge on any atom is 0.330 e. The van der Waals surface area contributed by atoms with E-state index < -0.39 is 0 Å². The van der Waals surface area contributed by atoms with E-state index >= 15 is 0 Å². The Labute approximate surface area is 106 Å². The van der Waals surface area contributed by atoms with Crippen LogP contribution in [0, 0.1) is 5.92 Å². The van der Waals surface area contributed by atoms with E-state index in [1.807, 2.05) is 13.8 Å². The van der Waals surface area contributed by atoms with Crippen molar-refractivity contribution in [1.82, 2.24) is 0 Å². The smallest absolute Gasteiger partial charge is 0.330 e. The van der Waals surface area contributed by atoms with Crippen molar-refractivity contribution in [1.29, 1.82) is 0 Å². The van der Waals surface area contributed by atoms with Gasteiger partial charge in [-0.15, -0.1) is 6.58 Å². The van der Waals surface area contributed by atoms with Gasteiger partial charge in [0.1, 0.15) is 0 Å². The standard InChI is InChI=1S/C15H26O2/c1-12(2)7-6-8-14(5)9-10-17-15(16)11-13(3)4/h11,14H,1,6-10H2,2-5H3. The van der Waals surface area contributed by atoms with Gasteiger partial charge >= 0.3 is 5.97 Å². The molecule has 17 heavy (non-hydrogen) atoms. The van der Waals surface area contributed by atoms with E-state index in [2.05, 4.69) is 20.4 Å². The zero-order chi connectivity index (χ0) is 13.3. The summed E-state index contributed by atoms with van der Waals surface area (Å²) in [4.78, 5) is 11.2. The second-order valence-corrected chi connectivity index (χ2v) is 5.13. The first-order chi connectivity index (χ1) is 7.91. The lowest BCUT2D eigenvalue weighted by Crippen LogP contribution is -2.06. The predicted molar refractivity (Wildman–Crippen MR) is 72.8 cm³/mol. The van der Waals surface area contributed by atoms with Gasteiger partial charge in [-0.1, -0.05) is 24.5 Å². The lowest BCUT2D eigenvalue weighted by Gasteiger charge is -2.11. The van der Waals surface area contributed by atoms with E-state index in [1.165, 1.54) is 24.5 Å². The van der Waals surface area contributed by atoms with Crippen LogP contribution in [0.15, 0.2) is 23.8 Å². The van der Waals surface area contributed by atoms with Crippen LogP contribution in [0.1, 0.15) is 53.4 Å². The molecule has 0 fully saturated rings. The normalized spacial score (nSPS) is 11.8. The summed E-state index contributed by atoms with van der Waals surface area (Å²) in [5, 5.41) is 0. The number of allylic oxidation sites excluding steroid dienone is 2. The summed E-state index contributed by atoms with van der Waals surface area (Å²) < 4.78 is 5.12. The Morgan fingerprint density at radius 3 is 2.47 bits per heavy atom. The molecule has 0 saturated heterocycles. The first-order valence-electron chi connectivity index (χ1n) is 6.38. The van der Waals surface area contributed by atoms with E-state index in [4.69, 9.17) is 4.74 Å². The van der Waals surface area contributed by atoms with E-state index in [0.717, 1.165) is 18.4 Å². The Morgan fingerprint density at radius 2 is 1.94 bits per heavy atom. The van der Waals surface area contributed by atoms with Crippen molar-refractivity contribution >= 4 is 5.97 Å². The van der Waals surface area contributed by atoms with Gasteiger partial charge in [0.25, 0.3) is 0 Å². The van der Waals surface area contributed by atoms with Crippen molar-refractivity contribution in [3.05, 3.63) is 23.8 Å². The SMILES string of the molecule is C=C(C)CCCC(C)CCOC(=O)C=C(C)C. The number of hydrogen-bond donors (Lipinski definition) is 0. The first-order valence-corrected chi connectivity index (χ1v) is 6.38. The van der Waals surface area contributed by atoms with Crippen molar-refractivity contribution in [3.8, 4) is 0 Å². The minimum absolute atomic E-state index is 0.223. The molecule has 0 aliphatic rings. The summed E-state index contributed by atoms with van der Waals surface area (Å²) >= 11 is 0. The Kier molecular flexibility index (Phi) is 8.47. The van der Waals surface area contributed by atoms with Gasteiger partial charge in [-0.05, 0) is 46.0 Å². The first kappa shape index (κ1) is 16.0. The molecule has 1 unspecified atom stereocenters. The molecule has 0 aromatic rings. The minimum atomic E-state index is -0.223. The molecular weight excluding hydrogens is 212 g/mol. The summed E-state index contributed by atoms with van der Waals surface area (Å²) in [6.07, 6.45) is 5.93. The van der Waals surface area contributed by atoms with Crippen LogP contribution < -0.4 is 0 Å². The molecule has 0 bridgehead atoms. The minimum Gasteiger partial charge on any atom is -0.463 e. The fraction of sp³-hybridized carbons (Fsp3) is 0.667. The van der Waals surface area contributed by atoms with E-state index in [9.17, 15) is 4.79 Å². The molecule has 0 heterocycles. The summed E-state index contributed by atoms with van der Waals surface area (Å²) in [6.45, 7) is 12.5. The van der Waals surface area contributed by atoms with Crippen LogP contribution in [0.25, 0.3) is 0 Å². The summed E-state index contributed by atoms with van der Waals surface area (Å²) in [7, 11) is 0. The molecule has 0 saturated carbocycles. The predicted octanol–water partition coefficient (Wildman–Crippen LogP) is 4.27. The third kappa shape index (κ3) is 11.2. The topological polar surface area (TPSA) is 26.3 Å². The number of esters is 1. The molecule has 0 N–H and O–H groups in total. The van der Waals surface area contributed by atoms with Gasteiger partial charge in [0.2, 0.25) is 0 Å². The third-order valence-electron chi connectivity index (χ3n) is 2.56. The summed E-state index contributed by atoms with van der Waals surface area (Å²) in [6, 6.07) is 0. The van der Waals surface area contributed by atoms with Crippen LogP contribution in [-0.4, -0.2) is 12.6 Å². The van der Waals surface area contributed by atoms with Crippen molar-refractivity contribution in [2.45, 2.75) is 53.4 Å². The molecule has 0 aliphatic carbocycles. The fourth-order valence-electron chi connectivity index (χ4n) is 1.53. The van der Waals surface area contributed by atoms with Gasteiger partial charge in [-0.25, -0.2) is 4.79 Å². The molecule has 98 valence electrons. The maximum atomic E-state index is 11.2. The van der Waals surface area contributed by atoms with E-state index in [0.29, 0.717) is 12.5 Å². The van der Waals surface area contributed by atoms with Gasteiger partial charge in [-0.3, -0.25) is 0 Å². The molecule has 1 atom stereocenters. The molecule has 0 amide bonds. The average molecular weight is 238 g/mol. The van der Waals surface area contributed by atoms with Crippen LogP contribution >= 0.6 is 0 Å². The molecule has 0 aromatic carbocycles. The van der Waals surface area contributed by atoms with Crippen LogP contribution in [0.4, 0.5) is 0 Å². The zero-order valence-corrected chi connectivity index (χ0v) is 11.7. The molecule has 2 heteroatoms. The molecule has 0 spiro atoms. The third-order valence-corrected chi connectivity index (χ3v) is 2.56. The van der Waals surface area contributed by atoms with E-state index in [1.54, 1.807) is 0 Å². The maximum absolute atomic E-state index is 11.2. The highest BCUT2D eigenvalue weighted by molar-refractivity contribution is 5.82. The second-order valence-electron chi connectivity index (χ2n) is 5.13. The van der Waals surface area contributed by atoms with Crippen molar-refractivity contribution in [3.63, 3.8) is 0 Å². The Hall–Kier alpha value is -1.05. The molecular formula is C15H26O2. The zero-order valence-electron chi connectivity index (χ0n) is 11.7. The summed E-state index contributed by atoms with van der Waals surface area (Å²) in [5.41, 5.74) is 2.22. The van der Waals surface area contributed by atoms with Crippen LogP contribution in [0.2, 0.25) is 0 Å².